The molecule has 1 saturated carbocycles. The molecule has 0 atom stereocenters. The Balaban J connectivity index is 1.96. The summed E-state index contributed by atoms with van der Waals surface area (Å²) in [6.45, 7) is 1.92. The minimum Gasteiger partial charge on any atom is -0.293 e. The molecule has 0 amide bonds. The van der Waals surface area contributed by atoms with Gasteiger partial charge in [0.05, 0.1) is 5.69 Å². The summed E-state index contributed by atoms with van der Waals surface area (Å²) in [5, 5.41) is 0. The normalized spacial score (nSPS) is 17.5. The Bertz CT molecular complexity index is 309. The van der Waals surface area contributed by atoms with E-state index in [0.29, 0.717) is 11.9 Å². The average Bonchev–Trinajstić information content (AvgIpc) is 2.40. The van der Waals surface area contributed by atoms with E-state index in [1.165, 1.54) is 32.1 Å². The number of pyridine rings is 1. The molecule has 1 aromatic rings. The maximum absolute atomic E-state index is 5.92. The average molecular weight is 253 g/mol. The summed E-state index contributed by atoms with van der Waals surface area (Å²) in [7, 11) is 0. The highest BCUT2D eigenvalue weighted by molar-refractivity contribution is 6.18. The largest absolute Gasteiger partial charge is 0.293 e. The van der Waals surface area contributed by atoms with Gasteiger partial charge < -0.3 is 0 Å². The number of hydrogen-bond donors (Lipinski definition) is 0. The van der Waals surface area contributed by atoms with Gasteiger partial charge in [0.1, 0.15) is 0 Å². The van der Waals surface area contributed by atoms with E-state index in [1.807, 2.05) is 12.3 Å². The lowest BCUT2D eigenvalue weighted by Crippen LogP contribution is -2.37. The predicted octanol–water partition coefficient (Wildman–Crippen LogP) is 3.46. The number of rotatable bonds is 5. The summed E-state index contributed by atoms with van der Waals surface area (Å²) in [6, 6.07) is 6.84. The van der Waals surface area contributed by atoms with E-state index in [-0.39, 0.29) is 0 Å². The molecule has 0 aliphatic heterocycles. The van der Waals surface area contributed by atoms with Crippen molar-refractivity contribution in [3.05, 3.63) is 30.1 Å². The third-order valence-corrected chi connectivity index (χ3v) is 3.72. The maximum atomic E-state index is 5.92. The van der Waals surface area contributed by atoms with E-state index in [1.54, 1.807) is 0 Å². The number of nitrogens with zero attached hydrogens (tertiary/aromatic N) is 2. The van der Waals surface area contributed by atoms with E-state index in [9.17, 15) is 0 Å². The van der Waals surface area contributed by atoms with Gasteiger partial charge in [-0.25, -0.2) is 0 Å². The van der Waals surface area contributed by atoms with Crippen LogP contribution in [0, 0.1) is 0 Å². The van der Waals surface area contributed by atoms with Gasteiger partial charge in [-0.1, -0.05) is 25.3 Å². The molecule has 0 spiro atoms. The van der Waals surface area contributed by atoms with Crippen molar-refractivity contribution >= 4 is 11.6 Å². The molecule has 1 aliphatic rings. The Morgan fingerprint density at radius 3 is 2.71 bits per heavy atom. The van der Waals surface area contributed by atoms with Crippen LogP contribution in [0.1, 0.15) is 37.8 Å². The summed E-state index contributed by atoms with van der Waals surface area (Å²) in [4.78, 5) is 6.92. The number of hydrogen-bond acceptors (Lipinski definition) is 2. The lowest BCUT2D eigenvalue weighted by molar-refractivity contribution is 0.155. The maximum Gasteiger partial charge on any atom is 0.0544 e. The highest BCUT2D eigenvalue weighted by Crippen LogP contribution is 2.23. The summed E-state index contributed by atoms with van der Waals surface area (Å²) in [5.41, 5.74) is 1.16. The van der Waals surface area contributed by atoms with Crippen LogP contribution in [0.4, 0.5) is 0 Å². The zero-order valence-electron chi connectivity index (χ0n) is 10.3. The van der Waals surface area contributed by atoms with Crippen molar-refractivity contribution in [2.45, 2.75) is 44.7 Å². The monoisotopic (exact) mass is 252 g/mol. The SMILES string of the molecule is ClCCN(Cc1ccccn1)C1CCCCC1. The molecule has 0 aromatic carbocycles. The van der Waals surface area contributed by atoms with Crippen LogP contribution in [0.15, 0.2) is 24.4 Å². The molecule has 3 heteroatoms. The first-order valence-electron chi connectivity index (χ1n) is 6.60. The predicted molar refractivity (Wildman–Crippen MR) is 72.2 cm³/mol. The van der Waals surface area contributed by atoms with Gasteiger partial charge in [0.25, 0.3) is 0 Å². The Morgan fingerprint density at radius 2 is 2.06 bits per heavy atom. The molecule has 1 aliphatic carbocycles. The standard InChI is InChI=1S/C14H21ClN2/c15-9-11-17(14-7-2-1-3-8-14)12-13-6-4-5-10-16-13/h4-6,10,14H,1-3,7-9,11-12H2. The molecule has 1 fully saturated rings. The van der Waals surface area contributed by atoms with E-state index in [2.05, 4.69) is 22.0 Å². The number of halogens is 1. The second-order valence-corrected chi connectivity index (χ2v) is 5.15. The highest BCUT2D eigenvalue weighted by Gasteiger charge is 2.20. The van der Waals surface area contributed by atoms with Crippen molar-refractivity contribution in [3.8, 4) is 0 Å². The minimum absolute atomic E-state index is 0.712. The van der Waals surface area contributed by atoms with Crippen LogP contribution in [0.25, 0.3) is 0 Å². The molecular formula is C14H21ClN2. The zero-order valence-corrected chi connectivity index (χ0v) is 11.1. The fourth-order valence-corrected chi connectivity index (χ4v) is 2.86. The second-order valence-electron chi connectivity index (χ2n) is 4.77. The molecule has 2 nitrogen and oxygen atoms in total. The van der Waals surface area contributed by atoms with Crippen molar-refractivity contribution in [1.29, 1.82) is 0 Å². The van der Waals surface area contributed by atoms with Crippen LogP contribution in [0.2, 0.25) is 0 Å². The third kappa shape index (κ3) is 3.97. The third-order valence-electron chi connectivity index (χ3n) is 3.55. The zero-order chi connectivity index (χ0) is 11.9. The molecule has 0 bridgehead atoms. The van der Waals surface area contributed by atoms with Gasteiger partial charge in [0.2, 0.25) is 0 Å². The molecule has 1 heterocycles. The number of aromatic nitrogens is 1. The first-order chi connectivity index (χ1) is 8.40. The molecule has 1 aromatic heterocycles. The fraction of sp³-hybridized carbons (Fsp3) is 0.643. The lowest BCUT2D eigenvalue weighted by Gasteiger charge is -2.33. The van der Waals surface area contributed by atoms with Crippen LogP contribution < -0.4 is 0 Å². The minimum atomic E-state index is 0.712. The molecule has 0 N–H and O–H groups in total. The van der Waals surface area contributed by atoms with E-state index < -0.39 is 0 Å². The summed E-state index contributed by atoms with van der Waals surface area (Å²) >= 11 is 5.92. The van der Waals surface area contributed by atoms with Crippen LogP contribution in [0.5, 0.6) is 0 Å². The molecule has 0 radical (unpaired) electrons. The van der Waals surface area contributed by atoms with Crippen LogP contribution in [-0.4, -0.2) is 28.4 Å². The molecule has 0 saturated heterocycles. The van der Waals surface area contributed by atoms with Crippen LogP contribution in [-0.2, 0) is 6.54 Å². The fourth-order valence-electron chi connectivity index (χ4n) is 2.65. The van der Waals surface area contributed by atoms with Crippen molar-refractivity contribution in [2.24, 2.45) is 0 Å². The topological polar surface area (TPSA) is 16.1 Å². The van der Waals surface area contributed by atoms with Gasteiger partial charge in [-0.15, -0.1) is 11.6 Å². The quantitative estimate of drug-likeness (QED) is 0.747. The van der Waals surface area contributed by atoms with Gasteiger partial charge in [0, 0.05) is 31.2 Å². The van der Waals surface area contributed by atoms with Crippen molar-refractivity contribution in [2.75, 3.05) is 12.4 Å². The Kier molecular flexibility index (Phi) is 5.27. The molecular weight excluding hydrogens is 232 g/mol. The Labute approximate surface area is 109 Å². The van der Waals surface area contributed by atoms with E-state index >= 15 is 0 Å². The van der Waals surface area contributed by atoms with Crippen molar-refractivity contribution < 1.29 is 0 Å². The van der Waals surface area contributed by atoms with Crippen LogP contribution >= 0.6 is 11.6 Å². The van der Waals surface area contributed by atoms with Crippen LogP contribution in [0.3, 0.4) is 0 Å². The van der Waals surface area contributed by atoms with Gasteiger partial charge in [0.15, 0.2) is 0 Å². The van der Waals surface area contributed by atoms with E-state index in [4.69, 9.17) is 11.6 Å². The molecule has 17 heavy (non-hydrogen) atoms. The lowest BCUT2D eigenvalue weighted by atomic mass is 9.94. The molecule has 2 rings (SSSR count). The summed E-state index contributed by atoms with van der Waals surface area (Å²) in [5.74, 6) is 0.712. The highest BCUT2D eigenvalue weighted by atomic mass is 35.5. The van der Waals surface area contributed by atoms with Gasteiger partial charge in [-0.3, -0.25) is 9.88 Å². The smallest absolute Gasteiger partial charge is 0.0544 e. The Hall–Kier alpha value is -0.600. The number of alkyl halides is 1. The first kappa shape index (κ1) is 12.8. The van der Waals surface area contributed by atoms with Gasteiger partial charge >= 0.3 is 0 Å². The molecule has 0 unspecified atom stereocenters. The molecule has 94 valence electrons. The van der Waals surface area contributed by atoms with Gasteiger partial charge in [-0.05, 0) is 25.0 Å². The van der Waals surface area contributed by atoms with E-state index in [0.717, 1.165) is 18.8 Å². The first-order valence-corrected chi connectivity index (χ1v) is 7.13. The Morgan fingerprint density at radius 1 is 1.24 bits per heavy atom. The summed E-state index contributed by atoms with van der Waals surface area (Å²) < 4.78 is 0. The second kappa shape index (κ2) is 6.97. The van der Waals surface area contributed by atoms with Crippen molar-refractivity contribution in [3.63, 3.8) is 0 Å². The van der Waals surface area contributed by atoms with Crippen molar-refractivity contribution in [1.82, 2.24) is 9.88 Å². The van der Waals surface area contributed by atoms with Gasteiger partial charge in [-0.2, -0.15) is 0 Å². The summed E-state index contributed by atoms with van der Waals surface area (Å²) in [6.07, 6.45) is 8.65.